The van der Waals surface area contributed by atoms with Crippen molar-refractivity contribution in [3.8, 4) is 5.75 Å². The average molecular weight is 351 g/mol. The Labute approximate surface area is 147 Å². The minimum atomic E-state index is -0.562. The van der Waals surface area contributed by atoms with Crippen molar-refractivity contribution in [2.75, 3.05) is 39.8 Å². The molecule has 1 aromatic carbocycles. The number of benzene rings is 1. The Kier molecular flexibility index (Phi) is 5.87. The molecule has 0 radical (unpaired) electrons. The minimum Gasteiger partial charge on any atom is -0.494 e. The van der Waals surface area contributed by atoms with Crippen LogP contribution in [0.1, 0.15) is 31.1 Å². The van der Waals surface area contributed by atoms with E-state index < -0.39 is 5.82 Å². The number of hydrogen-bond acceptors (Lipinski definition) is 3. The lowest BCUT2D eigenvalue weighted by Crippen LogP contribution is -2.53. The van der Waals surface area contributed by atoms with Gasteiger partial charge in [0.25, 0.3) is 5.91 Å². The molecule has 3 amide bonds. The van der Waals surface area contributed by atoms with Crippen LogP contribution in [0.25, 0.3) is 0 Å². The van der Waals surface area contributed by atoms with E-state index in [0.29, 0.717) is 32.7 Å². The fourth-order valence-electron chi connectivity index (χ4n) is 2.55. The third-order valence-electron chi connectivity index (χ3n) is 4.02. The van der Waals surface area contributed by atoms with Crippen LogP contribution in [0.3, 0.4) is 0 Å². The molecule has 0 saturated carbocycles. The van der Waals surface area contributed by atoms with Crippen LogP contribution in [0.2, 0.25) is 0 Å². The number of urea groups is 1. The molecule has 7 heteroatoms. The van der Waals surface area contributed by atoms with E-state index in [4.69, 9.17) is 4.74 Å². The monoisotopic (exact) mass is 351 g/mol. The first-order chi connectivity index (χ1) is 11.7. The Hall–Kier alpha value is -2.31. The minimum absolute atomic E-state index is 0.0197. The molecule has 1 saturated heterocycles. The van der Waals surface area contributed by atoms with Crippen LogP contribution < -0.4 is 10.1 Å². The molecule has 1 aliphatic rings. The number of ether oxygens (including phenoxy) is 1. The molecule has 1 N–H and O–H groups in total. The number of amides is 3. The molecule has 0 atom stereocenters. The number of halogens is 1. The summed E-state index contributed by atoms with van der Waals surface area (Å²) in [6.07, 6.45) is 0. The molecule has 25 heavy (non-hydrogen) atoms. The van der Waals surface area contributed by atoms with Crippen LogP contribution in [0.15, 0.2) is 18.2 Å². The van der Waals surface area contributed by atoms with Crippen molar-refractivity contribution in [2.45, 2.75) is 20.8 Å². The number of nitrogens with zero attached hydrogens (tertiary/aromatic N) is 2. The molecule has 0 spiro atoms. The second-order valence-electron chi connectivity index (χ2n) is 7.35. The SMILES string of the molecule is COc1ccc(C(=O)N2CCN(C(=O)NCC(C)(C)C)CC2)cc1F. The molecule has 1 heterocycles. The summed E-state index contributed by atoms with van der Waals surface area (Å²) in [6, 6.07) is 4.06. The lowest BCUT2D eigenvalue weighted by Gasteiger charge is -2.35. The molecule has 0 aliphatic carbocycles. The number of piperazine rings is 1. The number of carbonyl (C=O) groups excluding carboxylic acids is 2. The van der Waals surface area contributed by atoms with Gasteiger partial charge in [-0.1, -0.05) is 20.8 Å². The van der Waals surface area contributed by atoms with Crippen LogP contribution in [0.4, 0.5) is 9.18 Å². The highest BCUT2D eigenvalue weighted by Gasteiger charge is 2.26. The third kappa shape index (κ3) is 5.08. The van der Waals surface area contributed by atoms with E-state index in [2.05, 4.69) is 26.1 Å². The molecule has 2 rings (SSSR count). The zero-order chi connectivity index (χ0) is 18.6. The summed E-state index contributed by atoms with van der Waals surface area (Å²) < 4.78 is 18.6. The summed E-state index contributed by atoms with van der Waals surface area (Å²) in [4.78, 5) is 28.0. The van der Waals surface area contributed by atoms with Gasteiger partial charge in [0.15, 0.2) is 11.6 Å². The Balaban J connectivity index is 1.90. The van der Waals surface area contributed by atoms with Crippen LogP contribution in [-0.2, 0) is 0 Å². The van der Waals surface area contributed by atoms with E-state index in [-0.39, 0.29) is 28.7 Å². The van der Waals surface area contributed by atoms with Crippen LogP contribution in [0.5, 0.6) is 5.75 Å². The topological polar surface area (TPSA) is 61.9 Å². The lowest BCUT2D eigenvalue weighted by molar-refractivity contribution is 0.0663. The largest absolute Gasteiger partial charge is 0.494 e. The first-order valence-electron chi connectivity index (χ1n) is 8.37. The van der Waals surface area contributed by atoms with E-state index >= 15 is 0 Å². The highest BCUT2D eigenvalue weighted by atomic mass is 19.1. The van der Waals surface area contributed by atoms with Gasteiger partial charge < -0.3 is 19.9 Å². The number of carbonyl (C=O) groups is 2. The Morgan fingerprint density at radius 3 is 2.28 bits per heavy atom. The summed E-state index contributed by atoms with van der Waals surface area (Å²) >= 11 is 0. The molecule has 1 aromatic rings. The second-order valence-corrected chi connectivity index (χ2v) is 7.35. The normalized spacial score (nSPS) is 15.1. The Morgan fingerprint density at radius 1 is 1.16 bits per heavy atom. The fourth-order valence-corrected chi connectivity index (χ4v) is 2.55. The number of nitrogens with one attached hydrogen (secondary N) is 1. The smallest absolute Gasteiger partial charge is 0.317 e. The van der Waals surface area contributed by atoms with E-state index in [1.54, 1.807) is 15.9 Å². The second kappa shape index (κ2) is 7.72. The molecular formula is C18H26FN3O3. The molecule has 1 aliphatic heterocycles. The molecule has 0 aromatic heterocycles. The van der Waals surface area contributed by atoms with Crippen molar-refractivity contribution in [1.29, 1.82) is 0 Å². The van der Waals surface area contributed by atoms with Crippen LogP contribution >= 0.6 is 0 Å². The van der Waals surface area contributed by atoms with Gasteiger partial charge >= 0.3 is 6.03 Å². The van der Waals surface area contributed by atoms with Gasteiger partial charge in [-0.25, -0.2) is 9.18 Å². The van der Waals surface area contributed by atoms with Crippen molar-refractivity contribution < 1.29 is 18.7 Å². The van der Waals surface area contributed by atoms with Crippen LogP contribution in [-0.4, -0.2) is 61.6 Å². The van der Waals surface area contributed by atoms with E-state index in [9.17, 15) is 14.0 Å². The first kappa shape index (κ1) is 19.0. The summed E-state index contributed by atoms with van der Waals surface area (Å²) in [6.45, 7) is 8.52. The average Bonchev–Trinajstić information content (AvgIpc) is 2.58. The van der Waals surface area contributed by atoms with Gasteiger partial charge in [0, 0.05) is 38.3 Å². The highest BCUT2D eigenvalue weighted by Crippen LogP contribution is 2.19. The van der Waals surface area contributed by atoms with Gasteiger partial charge in [-0.3, -0.25) is 4.79 Å². The summed E-state index contributed by atoms with van der Waals surface area (Å²) in [7, 11) is 1.38. The van der Waals surface area contributed by atoms with Crippen molar-refractivity contribution in [3.05, 3.63) is 29.6 Å². The highest BCUT2D eigenvalue weighted by molar-refractivity contribution is 5.94. The predicted octanol–water partition coefficient (Wildman–Crippen LogP) is 2.35. The van der Waals surface area contributed by atoms with Crippen molar-refractivity contribution in [3.63, 3.8) is 0 Å². The maximum atomic E-state index is 13.8. The Bertz CT molecular complexity index is 635. The van der Waals surface area contributed by atoms with Crippen molar-refractivity contribution in [1.82, 2.24) is 15.1 Å². The van der Waals surface area contributed by atoms with E-state index in [1.807, 2.05) is 0 Å². The zero-order valence-corrected chi connectivity index (χ0v) is 15.3. The summed E-state index contributed by atoms with van der Waals surface area (Å²) in [5.41, 5.74) is 0.301. The van der Waals surface area contributed by atoms with Gasteiger partial charge in [0.05, 0.1) is 7.11 Å². The van der Waals surface area contributed by atoms with Crippen molar-refractivity contribution in [2.24, 2.45) is 5.41 Å². The first-order valence-corrected chi connectivity index (χ1v) is 8.37. The molecule has 6 nitrogen and oxygen atoms in total. The molecule has 1 fully saturated rings. The molecular weight excluding hydrogens is 325 g/mol. The van der Waals surface area contributed by atoms with E-state index in [0.717, 1.165) is 0 Å². The van der Waals surface area contributed by atoms with Crippen LogP contribution in [0, 0.1) is 11.2 Å². The summed E-state index contributed by atoms with van der Waals surface area (Å²) in [5.74, 6) is -0.693. The fraction of sp³-hybridized carbons (Fsp3) is 0.556. The molecule has 0 unspecified atom stereocenters. The molecule has 138 valence electrons. The van der Waals surface area contributed by atoms with Gasteiger partial charge in [0.2, 0.25) is 0 Å². The maximum absolute atomic E-state index is 13.8. The van der Waals surface area contributed by atoms with Gasteiger partial charge in [0.1, 0.15) is 0 Å². The van der Waals surface area contributed by atoms with Crippen molar-refractivity contribution >= 4 is 11.9 Å². The number of hydrogen-bond donors (Lipinski definition) is 1. The number of rotatable bonds is 3. The quantitative estimate of drug-likeness (QED) is 0.909. The van der Waals surface area contributed by atoms with E-state index in [1.165, 1.54) is 19.2 Å². The standard InChI is InChI=1S/C18H26FN3O3/c1-18(2,3)12-20-17(24)22-9-7-21(8-10-22)16(23)13-5-6-15(25-4)14(19)11-13/h5-6,11H,7-10,12H2,1-4H3,(H,20,24). The summed E-state index contributed by atoms with van der Waals surface area (Å²) in [5, 5.41) is 2.91. The molecule has 0 bridgehead atoms. The lowest BCUT2D eigenvalue weighted by atomic mass is 9.97. The third-order valence-corrected chi connectivity index (χ3v) is 4.02. The predicted molar refractivity (Wildman–Crippen MR) is 93.3 cm³/mol. The number of methoxy groups -OCH3 is 1. The maximum Gasteiger partial charge on any atom is 0.317 e. The zero-order valence-electron chi connectivity index (χ0n) is 15.3. The Morgan fingerprint density at radius 2 is 1.76 bits per heavy atom. The van der Waals surface area contributed by atoms with Gasteiger partial charge in [-0.15, -0.1) is 0 Å². The van der Waals surface area contributed by atoms with Gasteiger partial charge in [-0.05, 0) is 23.6 Å². The van der Waals surface area contributed by atoms with Gasteiger partial charge in [-0.2, -0.15) is 0 Å².